The van der Waals surface area contributed by atoms with E-state index < -0.39 is 6.04 Å². The number of anilines is 1. The Morgan fingerprint density at radius 3 is 2.43 bits per heavy atom. The number of methoxy groups -OCH3 is 1. The summed E-state index contributed by atoms with van der Waals surface area (Å²) >= 11 is 0. The number of rotatable bonds is 3. The number of carbonyl (C=O) groups is 2. The molecule has 2 rings (SSSR count). The van der Waals surface area contributed by atoms with Crippen molar-refractivity contribution in [1.82, 2.24) is 4.90 Å². The molecule has 1 heterocycles. The van der Waals surface area contributed by atoms with E-state index in [1.54, 1.807) is 17.0 Å². The van der Waals surface area contributed by atoms with Crippen molar-refractivity contribution in [2.45, 2.75) is 25.3 Å². The fourth-order valence-electron chi connectivity index (χ4n) is 2.62. The lowest BCUT2D eigenvalue weighted by Gasteiger charge is -2.33. The lowest BCUT2D eigenvalue weighted by atomic mass is 10.0. The number of piperidine rings is 1. The van der Waals surface area contributed by atoms with Crippen LogP contribution >= 0.6 is 0 Å². The Balaban J connectivity index is 2.18. The number of esters is 1. The number of amides is 1. The van der Waals surface area contributed by atoms with Crippen molar-refractivity contribution in [2.24, 2.45) is 0 Å². The molecule has 1 aliphatic heterocycles. The molecule has 0 aliphatic carbocycles. The minimum absolute atomic E-state index is 0.101. The average molecular weight is 290 g/mol. The summed E-state index contributed by atoms with van der Waals surface area (Å²) in [5, 5.41) is 0. The normalized spacial score (nSPS) is 18.2. The van der Waals surface area contributed by atoms with Gasteiger partial charge >= 0.3 is 5.97 Å². The van der Waals surface area contributed by atoms with E-state index in [0.717, 1.165) is 18.5 Å². The fraction of sp³-hybridized carbons (Fsp3) is 0.500. The van der Waals surface area contributed by atoms with Gasteiger partial charge in [0.2, 0.25) is 0 Å². The van der Waals surface area contributed by atoms with Gasteiger partial charge in [-0.05, 0) is 43.5 Å². The Kier molecular flexibility index (Phi) is 4.83. The Morgan fingerprint density at radius 2 is 1.86 bits per heavy atom. The van der Waals surface area contributed by atoms with Crippen molar-refractivity contribution in [3.63, 3.8) is 0 Å². The number of benzene rings is 1. The number of ether oxygens (including phenoxy) is 1. The molecule has 0 bridgehead atoms. The van der Waals surface area contributed by atoms with Crippen molar-refractivity contribution < 1.29 is 14.3 Å². The van der Waals surface area contributed by atoms with Crippen LogP contribution in [0.25, 0.3) is 0 Å². The van der Waals surface area contributed by atoms with Crippen LogP contribution in [-0.2, 0) is 9.53 Å². The third kappa shape index (κ3) is 3.35. The molecule has 5 heteroatoms. The maximum atomic E-state index is 12.6. The van der Waals surface area contributed by atoms with Gasteiger partial charge in [0, 0.05) is 31.9 Å². The van der Waals surface area contributed by atoms with E-state index in [1.807, 2.05) is 31.1 Å². The molecule has 1 aliphatic rings. The topological polar surface area (TPSA) is 49.9 Å². The lowest BCUT2D eigenvalue weighted by molar-refractivity contribution is -0.147. The van der Waals surface area contributed by atoms with E-state index in [9.17, 15) is 9.59 Å². The molecule has 1 atom stereocenters. The van der Waals surface area contributed by atoms with Gasteiger partial charge in [-0.15, -0.1) is 0 Å². The van der Waals surface area contributed by atoms with Crippen molar-refractivity contribution in [1.29, 1.82) is 0 Å². The molecule has 1 aromatic carbocycles. The molecule has 0 saturated carbocycles. The van der Waals surface area contributed by atoms with Crippen LogP contribution in [0.15, 0.2) is 24.3 Å². The van der Waals surface area contributed by atoms with Crippen molar-refractivity contribution >= 4 is 17.6 Å². The van der Waals surface area contributed by atoms with Crippen LogP contribution in [0.4, 0.5) is 5.69 Å². The van der Waals surface area contributed by atoms with Crippen LogP contribution in [0.1, 0.15) is 29.6 Å². The Labute approximate surface area is 125 Å². The summed E-state index contributed by atoms with van der Waals surface area (Å²) in [6.45, 7) is 0.605. The summed E-state index contributed by atoms with van der Waals surface area (Å²) in [7, 11) is 5.27. The number of carbonyl (C=O) groups excluding carboxylic acids is 2. The molecule has 1 fully saturated rings. The summed E-state index contributed by atoms with van der Waals surface area (Å²) in [4.78, 5) is 28.1. The number of hydrogen-bond donors (Lipinski definition) is 0. The van der Waals surface area contributed by atoms with Gasteiger partial charge in [-0.3, -0.25) is 4.79 Å². The summed E-state index contributed by atoms with van der Waals surface area (Å²) in [5.41, 5.74) is 1.64. The van der Waals surface area contributed by atoms with E-state index in [1.165, 1.54) is 7.11 Å². The van der Waals surface area contributed by atoms with Gasteiger partial charge in [0.25, 0.3) is 5.91 Å². The summed E-state index contributed by atoms with van der Waals surface area (Å²) in [6.07, 6.45) is 2.55. The van der Waals surface area contributed by atoms with Crippen molar-refractivity contribution in [3.8, 4) is 0 Å². The van der Waals surface area contributed by atoms with E-state index in [2.05, 4.69) is 0 Å². The zero-order valence-electron chi connectivity index (χ0n) is 12.8. The quantitative estimate of drug-likeness (QED) is 0.798. The number of nitrogens with zero attached hydrogens (tertiary/aromatic N) is 2. The van der Waals surface area contributed by atoms with Gasteiger partial charge in [-0.2, -0.15) is 0 Å². The largest absolute Gasteiger partial charge is 0.467 e. The molecule has 1 amide bonds. The van der Waals surface area contributed by atoms with Crippen LogP contribution in [0.3, 0.4) is 0 Å². The highest BCUT2D eigenvalue weighted by molar-refractivity contribution is 5.97. The molecule has 1 saturated heterocycles. The molecule has 5 nitrogen and oxygen atoms in total. The molecule has 0 N–H and O–H groups in total. The van der Waals surface area contributed by atoms with Crippen LogP contribution in [0.2, 0.25) is 0 Å². The SMILES string of the molecule is COC(=O)C1CCCCN1C(=O)c1ccc(N(C)C)cc1. The first-order chi connectivity index (χ1) is 10.0. The average Bonchev–Trinajstić information content (AvgIpc) is 2.53. The molecule has 0 aromatic heterocycles. The first-order valence-electron chi connectivity index (χ1n) is 7.20. The van der Waals surface area contributed by atoms with E-state index >= 15 is 0 Å². The standard InChI is InChI=1S/C16H22N2O3/c1-17(2)13-9-7-12(8-10-13)15(19)18-11-5-4-6-14(18)16(20)21-3/h7-10,14H,4-6,11H2,1-3H3. The molecular formula is C16H22N2O3. The smallest absolute Gasteiger partial charge is 0.328 e. The fourth-order valence-corrected chi connectivity index (χ4v) is 2.62. The monoisotopic (exact) mass is 290 g/mol. The molecule has 1 unspecified atom stereocenters. The van der Waals surface area contributed by atoms with Crippen molar-refractivity contribution in [2.75, 3.05) is 32.6 Å². The summed E-state index contributed by atoms with van der Waals surface area (Å²) < 4.78 is 4.82. The van der Waals surface area contributed by atoms with Gasteiger partial charge in [-0.25, -0.2) is 4.79 Å². The summed E-state index contributed by atoms with van der Waals surface area (Å²) in [5.74, 6) is -0.427. The number of hydrogen-bond acceptors (Lipinski definition) is 4. The summed E-state index contributed by atoms with van der Waals surface area (Å²) in [6, 6.07) is 6.97. The number of likely N-dealkylation sites (tertiary alicyclic amines) is 1. The zero-order valence-corrected chi connectivity index (χ0v) is 12.8. The van der Waals surface area contributed by atoms with E-state index in [4.69, 9.17) is 4.74 Å². The van der Waals surface area contributed by atoms with E-state index in [0.29, 0.717) is 18.5 Å². The predicted molar refractivity (Wildman–Crippen MR) is 81.5 cm³/mol. The third-order valence-electron chi connectivity index (χ3n) is 3.87. The molecular weight excluding hydrogens is 268 g/mol. The van der Waals surface area contributed by atoms with Crippen LogP contribution in [-0.4, -0.2) is 50.6 Å². The predicted octanol–water partition coefficient (Wildman–Crippen LogP) is 1.92. The molecule has 21 heavy (non-hydrogen) atoms. The van der Waals surface area contributed by atoms with Gasteiger partial charge in [0.15, 0.2) is 0 Å². The Hall–Kier alpha value is -2.04. The zero-order chi connectivity index (χ0) is 15.4. The van der Waals surface area contributed by atoms with Gasteiger partial charge in [-0.1, -0.05) is 0 Å². The lowest BCUT2D eigenvalue weighted by Crippen LogP contribution is -2.48. The highest BCUT2D eigenvalue weighted by Crippen LogP contribution is 2.21. The first-order valence-corrected chi connectivity index (χ1v) is 7.20. The van der Waals surface area contributed by atoms with Crippen molar-refractivity contribution in [3.05, 3.63) is 29.8 Å². The molecule has 0 radical (unpaired) electrons. The molecule has 0 spiro atoms. The minimum atomic E-state index is -0.454. The van der Waals surface area contributed by atoms with Gasteiger partial charge in [0.05, 0.1) is 7.11 Å². The minimum Gasteiger partial charge on any atom is -0.467 e. The first kappa shape index (κ1) is 15.4. The van der Waals surface area contributed by atoms with Gasteiger partial charge < -0.3 is 14.5 Å². The molecule has 1 aromatic rings. The van der Waals surface area contributed by atoms with E-state index in [-0.39, 0.29) is 11.9 Å². The Morgan fingerprint density at radius 1 is 1.19 bits per heavy atom. The van der Waals surface area contributed by atoms with Crippen LogP contribution < -0.4 is 4.90 Å². The highest BCUT2D eigenvalue weighted by atomic mass is 16.5. The Bertz CT molecular complexity index is 511. The second-order valence-electron chi connectivity index (χ2n) is 5.47. The third-order valence-corrected chi connectivity index (χ3v) is 3.87. The van der Waals surface area contributed by atoms with Gasteiger partial charge in [0.1, 0.15) is 6.04 Å². The second kappa shape index (κ2) is 6.61. The highest BCUT2D eigenvalue weighted by Gasteiger charge is 2.33. The van der Waals surface area contributed by atoms with Crippen LogP contribution in [0.5, 0.6) is 0 Å². The maximum absolute atomic E-state index is 12.6. The second-order valence-corrected chi connectivity index (χ2v) is 5.47. The molecule has 114 valence electrons. The maximum Gasteiger partial charge on any atom is 0.328 e. The van der Waals surface area contributed by atoms with Crippen LogP contribution in [0, 0.1) is 0 Å².